The molecule has 22 heavy (non-hydrogen) atoms. The lowest BCUT2D eigenvalue weighted by Crippen LogP contribution is -2.17. The molecule has 0 heterocycles. The molecular weight excluding hydrogens is 272 g/mol. The Morgan fingerprint density at radius 3 is 2.18 bits per heavy atom. The van der Waals surface area contributed by atoms with E-state index in [1.807, 2.05) is 60.7 Å². The second kappa shape index (κ2) is 9.16. The molecule has 1 atom stereocenters. The molecule has 0 N–H and O–H groups in total. The van der Waals surface area contributed by atoms with Crippen LogP contribution in [0.5, 0.6) is 0 Å². The highest BCUT2D eigenvalue weighted by atomic mass is 16.5. The number of benzene rings is 2. The Hall–Kier alpha value is -1.93. The van der Waals surface area contributed by atoms with Crippen LogP contribution in [-0.2, 0) is 4.74 Å². The van der Waals surface area contributed by atoms with E-state index in [2.05, 4.69) is 6.92 Å². The summed E-state index contributed by atoms with van der Waals surface area (Å²) in [5, 5.41) is 0. The van der Waals surface area contributed by atoms with Gasteiger partial charge in [0.1, 0.15) is 6.10 Å². The van der Waals surface area contributed by atoms with Crippen molar-refractivity contribution in [3.8, 4) is 0 Å². The van der Waals surface area contributed by atoms with Gasteiger partial charge in [-0.2, -0.15) is 0 Å². The van der Waals surface area contributed by atoms with Gasteiger partial charge in [-0.15, -0.1) is 0 Å². The van der Waals surface area contributed by atoms with Crippen molar-refractivity contribution in [1.29, 1.82) is 0 Å². The van der Waals surface area contributed by atoms with Gasteiger partial charge in [0, 0.05) is 12.2 Å². The number of rotatable bonds is 9. The molecule has 0 radical (unpaired) electrons. The summed E-state index contributed by atoms with van der Waals surface area (Å²) in [7, 11) is 0. The number of carbonyl (C=O) groups excluding carboxylic acids is 1. The first-order valence-electron chi connectivity index (χ1n) is 8.08. The van der Waals surface area contributed by atoms with E-state index in [9.17, 15) is 4.79 Å². The average Bonchev–Trinajstić information content (AvgIpc) is 2.59. The van der Waals surface area contributed by atoms with Gasteiger partial charge < -0.3 is 4.74 Å². The van der Waals surface area contributed by atoms with Crippen molar-refractivity contribution in [2.24, 2.45) is 0 Å². The average molecular weight is 296 g/mol. The van der Waals surface area contributed by atoms with Crippen molar-refractivity contribution in [1.82, 2.24) is 0 Å². The third-order valence-electron chi connectivity index (χ3n) is 3.68. The van der Waals surface area contributed by atoms with Crippen LogP contribution in [-0.4, -0.2) is 12.4 Å². The van der Waals surface area contributed by atoms with E-state index in [-0.39, 0.29) is 5.78 Å². The zero-order valence-electron chi connectivity index (χ0n) is 13.2. The van der Waals surface area contributed by atoms with E-state index >= 15 is 0 Å². The molecule has 2 nitrogen and oxygen atoms in total. The van der Waals surface area contributed by atoms with Gasteiger partial charge >= 0.3 is 0 Å². The maximum atomic E-state index is 12.7. The van der Waals surface area contributed by atoms with Crippen molar-refractivity contribution >= 4 is 5.78 Å². The predicted molar refractivity (Wildman–Crippen MR) is 90.0 cm³/mol. The summed E-state index contributed by atoms with van der Waals surface area (Å²) in [4.78, 5) is 12.7. The van der Waals surface area contributed by atoms with Gasteiger partial charge in [0.05, 0.1) is 0 Å². The van der Waals surface area contributed by atoms with Gasteiger partial charge in [-0.25, -0.2) is 0 Å². The zero-order valence-corrected chi connectivity index (χ0v) is 13.2. The molecule has 0 aliphatic heterocycles. The van der Waals surface area contributed by atoms with Crippen LogP contribution >= 0.6 is 0 Å². The highest BCUT2D eigenvalue weighted by molar-refractivity contribution is 6.00. The molecule has 0 aromatic heterocycles. The minimum atomic E-state index is -0.509. The molecule has 2 heteroatoms. The first kappa shape index (κ1) is 16.4. The summed E-state index contributed by atoms with van der Waals surface area (Å²) >= 11 is 0. The molecule has 0 fully saturated rings. The third kappa shape index (κ3) is 4.81. The first-order chi connectivity index (χ1) is 10.8. The van der Waals surface area contributed by atoms with Crippen LogP contribution in [0.15, 0.2) is 60.7 Å². The smallest absolute Gasteiger partial charge is 0.196 e. The van der Waals surface area contributed by atoms with Gasteiger partial charge in [0.25, 0.3) is 0 Å². The molecule has 0 saturated carbocycles. The first-order valence-corrected chi connectivity index (χ1v) is 8.08. The number of carbonyl (C=O) groups is 1. The Bertz CT molecular complexity index is 548. The maximum Gasteiger partial charge on any atom is 0.196 e. The summed E-state index contributed by atoms with van der Waals surface area (Å²) < 4.78 is 5.94. The molecule has 0 amide bonds. The Balaban J connectivity index is 2.07. The molecule has 2 aromatic rings. The van der Waals surface area contributed by atoms with Crippen LogP contribution in [0.1, 0.15) is 54.6 Å². The lowest BCUT2D eigenvalue weighted by atomic mass is 10.00. The van der Waals surface area contributed by atoms with E-state index in [1.54, 1.807) is 0 Å². The molecule has 2 rings (SSSR count). The number of ketones is 1. The monoisotopic (exact) mass is 296 g/mol. The minimum absolute atomic E-state index is 0.0299. The summed E-state index contributed by atoms with van der Waals surface area (Å²) in [6.07, 6.45) is 4.05. The molecule has 0 aliphatic carbocycles. The highest BCUT2D eigenvalue weighted by Gasteiger charge is 2.22. The normalized spacial score (nSPS) is 12.0. The van der Waals surface area contributed by atoms with E-state index < -0.39 is 6.10 Å². The third-order valence-corrected chi connectivity index (χ3v) is 3.68. The van der Waals surface area contributed by atoms with Gasteiger partial charge in [-0.1, -0.05) is 86.8 Å². The molecule has 0 bridgehead atoms. The van der Waals surface area contributed by atoms with E-state index in [0.717, 1.165) is 18.4 Å². The number of Topliss-reactive ketones (excluding diaryl/α,β-unsaturated/α-hetero) is 1. The second-order valence-corrected chi connectivity index (χ2v) is 5.45. The number of hydrogen-bond acceptors (Lipinski definition) is 2. The number of hydrogen-bond donors (Lipinski definition) is 0. The standard InChI is InChI=1S/C20H24O2/c1-2-3-4-11-16-22-20(18-14-9-6-10-15-18)19(21)17-12-7-5-8-13-17/h5-10,12-15,20H,2-4,11,16H2,1H3. The predicted octanol–water partition coefficient (Wildman–Crippen LogP) is 5.21. The molecule has 1 unspecified atom stereocenters. The van der Waals surface area contributed by atoms with E-state index in [0.29, 0.717) is 12.2 Å². The minimum Gasteiger partial charge on any atom is -0.365 e. The molecular formula is C20H24O2. The topological polar surface area (TPSA) is 26.3 Å². The summed E-state index contributed by atoms with van der Waals surface area (Å²) in [5.41, 5.74) is 1.62. The lowest BCUT2D eigenvalue weighted by Gasteiger charge is -2.17. The van der Waals surface area contributed by atoms with Crippen LogP contribution < -0.4 is 0 Å². The lowest BCUT2D eigenvalue weighted by molar-refractivity contribution is 0.0391. The molecule has 0 saturated heterocycles. The largest absolute Gasteiger partial charge is 0.365 e. The van der Waals surface area contributed by atoms with Gasteiger partial charge in [0.2, 0.25) is 0 Å². The molecule has 2 aromatic carbocycles. The van der Waals surface area contributed by atoms with Crippen molar-refractivity contribution in [3.05, 3.63) is 71.8 Å². The van der Waals surface area contributed by atoms with Crippen LogP contribution in [0.4, 0.5) is 0 Å². The molecule has 0 spiro atoms. The second-order valence-electron chi connectivity index (χ2n) is 5.45. The SMILES string of the molecule is CCCCCCOC(C(=O)c1ccccc1)c1ccccc1. The fraction of sp³-hybridized carbons (Fsp3) is 0.350. The Kier molecular flexibility index (Phi) is 6.85. The molecule has 0 aliphatic rings. The van der Waals surface area contributed by atoms with Crippen LogP contribution in [0.2, 0.25) is 0 Å². The van der Waals surface area contributed by atoms with Crippen LogP contribution in [0.25, 0.3) is 0 Å². The zero-order chi connectivity index (χ0) is 15.6. The van der Waals surface area contributed by atoms with Gasteiger partial charge in [0.15, 0.2) is 5.78 Å². The molecule has 116 valence electrons. The quantitative estimate of drug-likeness (QED) is 0.469. The Morgan fingerprint density at radius 1 is 0.909 bits per heavy atom. The van der Waals surface area contributed by atoms with Gasteiger partial charge in [-0.3, -0.25) is 4.79 Å². The number of ether oxygens (including phenoxy) is 1. The number of unbranched alkanes of at least 4 members (excludes halogenated alkanes) is 3. The van der Waals surface area contributed by atoms with Crippen LogP contribution in [0, 0.1) is 0 Å². The summed E-state index contributed by atoms with van der Waals surface area (Å²) in [6, 6.07) is 19.1. The fourth-order valence-corrected chi connectivity index (χ4v) is 2.43. The van der Waals surface area contributed by atoms with E-state index in [1.165, 1.54) is 12.8 Å². The van der Waals surface area contributed by atoms with E-state index in [4.69, 9.17) is 4.74 Å². The van der Waals surface area contributed by atoms with Crippen molar-refractivity contribution < 1.29 is 9.53 Å². The Labute approximate surface area is 133 Å². The van der Waals surface area contributed by atoms with Crippen molar-refractivity contribution in [3.63, 3.8) is 0 Å². The van der Waals surface area contributed by atoms with Crippen LogP contribution in [0.3, 0.4) is 0 Å². The maximum absolute atomic E-state index is 12.7. The summed E-state index contributed by atoms with van der Waals surface area (Å²) in [6.45, 7) is 2.81. The van der Waals surface area contributed by atoms with Crippen molar-refractivity contribution in [2.45, 2.75) is 38.7 Å². The van der Waals surface area contributed by atoms with Crippen molar-refractivity contribution in [2.75, 3.05) is 6.61 Å². The fourth-order valence-electron chi connectivity index (χ4n) is 2.43. The Morgan fingerprint density at radius 2 is 1.55 bits per heavy atom. The summed E-state index contributed by atoms with van der Waals surface area (Å²) in [5.74, 6) is 0.0299. The highest BCUT2D eigenvalue weighted by Crippen LogP contribution is 2.23. The van der Waals surface area contributed by atoms with Gasteiger partial charge in [-0.05, 0) is 12.0 Å².